The Morgan fingerprint density at radius 2 is 1.97 bits per heavy atom. The average Bonchev–Trinajstić information content (AvgIpc) is 3.41. The summed E-state index contributed by atoms with van der Waals surface area (Å²) in [6.45, 7) is 7.07. The number of carbonyl (C=O) groups is 3. The number of allylic oxidation sites excluding steroid dienone is 1. The molecule has 4 bridgehead atoms. The molecule has 2 unspecified atom stereocenters. The van der Waals surface area contributed by atoms with Crippen LogP contribution in [0.5, 0.6) is 0 Å². The molecule has 0 radical (unpaired) electrons. The SMILES string of the molecule is COC1=CC(=O)[C@H](OC(=O)[C@@]23C(C(C)C)=C[C@H]4CC2(C=O)[C@@H]2CC[C@@H](C)[C@H]2CC43CO)[C@@](C)(O)[C@H]1O. The van der Waals surface area contributed by atoms with E-state index in [0.29, 0.717) is 18.8 Å². The van der Waals surface area contributed by atoms with E-state index in [0.717, 1.165) is 30.8 Å². The molecule has 0 heterocycles. The van der Waals surface area contributed by atoms with E-state index >= 15 is 0 Å². The van der Waals surface area contributed by atoms with Crippen LogP contribution in [-0.2, 0) is 23.9 Å². The minimum atomic E-state index is -2.14. The van der Waals surface area contributed by atoms with E-state index in [-0.39, 0.29) is 36.0 Å². The molecule has 3 N–H and O–H groups in total. The second-order valence-corrected chi connectivity index (χ2v) is 12.4. The number of aldehydes is 1. The highest BCUT2D eigenvalue weighted by atomic mass is 16.6. The molecular weight excluding hydrogens is 464 g/mol. The van der Waals surface area contributed by atoms with Gasteiger partial charge in [0.05, 0.1) is 19.1 Å². The maximum atomic E-state index is 14.6. The van der Waals surface area contributed by atoms with E-state index in [1.807, 2.05) is 13.8 Å². The number of methoxy groups -OCH3 is 1. The van der Waals surface area contributed by atoms with Crippen LogP contribution in [0.25, 0.3) is 0 Å². The highest BCUT2D eigenvalue weighted by Gasteiger charge is 2.84. The summed E-state index contributed by atoms with van der Waals surface area (Å²) in [5, 5.41) is 32.8. The fraction of sp³-hybridized carbons (Fsp3) is 0.750. The normalized spacial score (nSPS) is 49.0. The molecule has 8 heteroatoms. The molecule has 0 aromatic heterocycles. The molecule has 5 rings (SSSR count). The molecule has 198 valence electrons. The third-order valence-corrected chi connectivity index (χ3v) is 10.7. The predicted octanol–water partition coefficient (Wildman–Crippen LogP) is 1.96. The maximum absolute atomic E-state index is 14.6. The molecule has 3 fully saturated rings. The number of hydrogen-bond acceptors (Lipinski definition) is 8. The lowest BCUT2D eigenvalue weighted by Gasteiger charge is -2.59. The summed E-state index contributed by atoms with van der Waals surface area (Å²) in [6.07, 6.45) is 3.62. The molecule has 0 amide bonds. The largest absolute Gasteiger partial charge is 0.498 e. The van der Waals surface area contributed by atoms with Crippen LogP contribution in [0.4, 0.5) is 0 Å². The van der Waals surface area contributed by atoms with Crippen molar-refractivity contribution in [2.45, 2.75) is 71.2 Å². The number of aliphatic hydroxyl groups excluding tert-OH is 2. The van der Waals surface area contributed by atoms with Crippen molar-refractivity contribution in [1.82, 2.24) is 0 Å². The molecule has 5 aliphatic rings. The summed E-state index contributed by atoms with van der Waals surface area (Å²) in [5.74, 6) is -1.29. The van der Waals surface area contributed by atoms with Crippen LogP contribution in [0, 0.1) is 45.8 Å². The minimum absolute atomic E-state index is 0.0298. The van der Waals surface area contributed by atoms with Gasteiger partial charge < -0.3 is 29.6 Å². The standard InChI is InChI=1S/C28H38O8/c1-14(2)19-8-16-10-27(13-30)18-7-6-15(3)17(18)11-26(16,12-29)28(19,27)24(33)36-23-20(31)9-21(35-5)22(32)25(23,4)34/h8-9,13-18,22-23,29,32,34H,6-7,10-12H2,1-5H3/t15-,16+,17-,18-,22+,23+,25+,26?,27?,28-/m1/s1. The molecule has 0 aliphatic heterocycles. The Morgan fingerprint density at radius 1 is 1.28 bits per heavy atom. The maximum Gasteiger partial charge on any atom is 0.318 e. The molecule has 0 spiro atoms. The van der Waals surface area contributed by atoms with Gasteiger partial charge in [-0.05, 0) is 55.8 Å². The molecule has 0 aromatic rings. The molecule has 10 atom stereocenters. The number of aliphatic hydroxyl groups is 3. The van der Waals surface area contributed by atoms with E-state index in [9.17, 15) is 29.7 Å². The number of rotatable bonds is 6. The van der Waals surface area contributed by atoms with Crippen molar-refractivity contribution >= 4 is 18.0 Å². The van der Waals surface area contributed by atoms with Crippen molar-refractivity contribution in [3.05, 3.63) is 23.5 Å². The van der Waals surface area contributed by atoms with Crippen molar-refractivity contribution in [1.29, 1.82) is 0 Å². The summed E-state index contributed by atoms with van der Waals surface area (Å²) < 4.78 is 11.0. The Balaban J connectivity index is 1.67. The van der Waals surface area contributed by atoms with Crippen LogP contribution >= 0.6 is 0 Å². The Labute approximate surface area is 211 Å². The van der Waals surface area contributed by atoms with E-state index in [1.165, 1.54) is 14.0 Å². The lowest BCUT2D eigenvalue weighted by Crippen LogP contribution is -2.66. The zero-order valence-corrected chi connectivity index (χ0v) is 21.7. The van der Waals surface area contributed by atoms with Gasteiger partial charge in [0.1, 0.15) is 29.2 Å². The number of fused-ring (bicyclic) bond motifs is 2. The summed E-state index contributed by atoms with van der Waals surface area (Å²) in [7, 11) is 1.28. The van der Waals surface area contributed by atoms with Crippen LogP contribution in [0.1, 0.15) is 53.4 Å². The molecule has 5 aliphatic carbocycles. The molecule has 0 aromatic carbocycles. The Hall–Kier alpha value is -2.03. The zero-order chi connectivity index (χ0) is 26.4. The number of ether oxygens (including phenoxy) is 2. The first-order chi connectivity index (χ1) is 16.9. The number of esters is 1. The smallest absolute Gasteiger partial charge is 0.318 e. The van der Waals surface area contributed by atoms with Gasteiger partial charge in [-0.2, -0.15) is 0 Å². The second kappa shape index (κ2) is 7.98. The van der Waals surface area contributed by atoms with Gasteiger partial charge in [0, 0.05) is 11.5 Å². The van der Waals surface area contributed by atoms with E-state index in [4.69, 9.17) is 9.47 Å². The topological polar surface area (TPSA) is 130 Å². The predicted molar refractivity (Wildman–Crippen MR) is 128 cm³/mol. The minimum Gasteiger partial charge on any atom is -0.498 e. The van der Waals surface area contributed by atoms with Gasteiger partial charge in [0.2, 0.25) is 5.78 Å². The van der Waals surface area contributed by atoms with Gasteiger partial charge >= 0.3 is 5.97 Å². The fourth-order valence-corrected chi connectivity index (χ4v) is 9.19. The summed E-state index contributed by atoms with van der Waals surface area (Å²) >= 11 is 0. The number of ketones is 1. The first-order valence-electron chi connectivity index (χ1n) is 13.1. The molecular formula is C28H38O8. The van der Waals surface area contributed by atoms with E-state index in [2.05, 4.69) is 13.0 Å². The molecule has 36 heavy (non-hydrogen) atoms. The van der Waals surface area contributed by atoms with E-state index < -0.39 is 45.8 Å². The van der Waals surface area contributed by atoms with Crippen molar-refractivity contribution < 1.29 is 39.2 Å². The fourth-order valence-electron chi connectivity index (χ4n) is 9.19. The Morgan fingerprint density at radius 3 is 2.56 bits per heavy atom. The second-order valence-electron chi connectivity index (χ2n) is 12.4. The van der Waals surface area contributed by atoms with Gasteiger partial charge in [-0.1, -0.05) is 38.8 Å². The third-order valence-electron chi connectivity index (χ3n) is 10.7. The average molecular weight is 503 g/mol. The van der Waals surface area contributed by atoms with Gasteiger partial charge in [-0.25, -0.2) is 0 Å². The first-order valence-corrected chi connectivity index (χ1v) is 13.1. The van der Waals surface area contributed by atoms with Crippen LogP contribution in [-0.4, -0.2) is 64.9 Å². The van der Waals surface area contributed by atoms with Crippen molar-refractivity contribution in [3.8, 4) is 0 Å². The van der Waals surface area contributed by atoms with Crippen LogP contribution in [0.2, 0.25) is 0 Å². The molecule has 0 saturated heterocycles. The first kappa shape index (κ1) is 25.6. The third kappa shape index (κ3) is 2.68. The summed E-state index contributed by atoms with van der Waals surface area (Å²) in [5.41, 5.74) is -4.77. The number of carbonyl (C=O) groups excluding carboxylic acids is 3. The van der Waals surface area contributed by atoms with Gasteiger partial charge in [-0.15, -0.1) is 0 Å². The Bertz CT molecular complexity index is 1060. The van der Waals surface area contributed by atoms with Crippen LogP contribution in [0.15, 0.2) is 23.5 Å². The number of hydrogen-bond donors (Lipinski definition) is 3. The monoisotopic (exact) mass is 502 g/mol. The summed E-state index contributed by atoms with van der Waals surface area (Å²) in [4.78, 5) is 40.8. The lowest BCUT2D eigenvalue weighted by atomic mass is 9.43. The molecule has 8 nitrogen and oxygen atoms in total. The quantitative estimate of drug-likeness (QED) is 0.285. The van der Waals surface area contributed by atoms with Crippen molar-refractivity contribution in [3.63, 3.8) is 0 Å². The van der Waals surface area contributed by atoms with Gasteiger partial charge in [0.15, 0.2) is 6.10 Å². The molecule has 3 saturated carbocycles. The van der Waals surface area contributed by atoms with Gasteiger partial charge in [-0.3, -0.25) is 9.59 Å². The van der Waals surface area contributed by atoms with Gasteiger partial charge in [0.25, 0.3) is 0 Å². The summed E-state index contributed by atoms with van der Waals surface area (Å²) in [6, 6.07) is 0. The van der Waals surface area contributed by atoms with Crippen molar-refractivity contribution in [2.24, 2.45) is 45.8 Å². The highest BCUT2D eigenvalue weighted by molar-refractivity contribution is 5.99. The highest BCUT2D eigenvalue weighted by Crippen LogP contribution is 2.82. The van der Waals surface area contributed by atoms with E-state index in [1.54, 1.807) is 0 Å². The van der Waals surface area contributed by atoms with Crippen LogP contribution in [0.3, 0.4) is 0 Å². The van der Waals surface area contributed by atoms with Crippen molar-refractivity contribution in [2.75, 3.05) is 13.7 Å². The Kier molecular flexibility index (Phi) is 5.68. The van der Waals surface area contributed by atoms with Crippen LogP contribution < -0.4 is 0 Å². The lowest BCUT2D eigenvalue weighted by molar-refractivity contribution is -0.211. The zero-order valence-electron chi connectivity index (χ0n) is 21.7.